The second-order valence-corrected chi connectivity index (χ2v) is 5.50. The number of para-hydroxylation sites is 1. The van der Waals surface area contributed by atoms with Crippen molar-refractivity contribution in [2.45, 2.75) is 19.4 Å². The van der Waals surface area contributed by atoms with Gasteiger partial charge in [-0.1, -0.05) is 48.5 Å². The molecule has 0 aliphatic rings. The van der Waals surface area contributed by atoms with Gasteiger partial charge in [-0.25, -0.2) is 0 Å². The molecule has 1 atom stereocenters. The molecular formula is C18H22N2OS. The van der Waals surface area contributed by atoms with E-state index in [2.05, 4.69) is 35.8 Å². The van der Waals surface area contributed by atoms with Crippen molar-refractivity contribution in [3.05, 3.63) is 65.7 Å². The van der Waals surface area contributed by atoms with Gasteiger partial charge in [-0.3, -0.25) is 0 Å². The lowest BCUT2D eigenvalue weighted by Gasteiger charge is -2.17. The number of hydrogen-bond donors (Lipinski definition) is 2. The number of benzene rings is 2. The molecule has 22 heavy (non-hydrogen) atoms. The monoisotopic (exact) mass is 314 g/mol. The van der Waals surface area contributed by atoms with Gasteiger partial charge >= 0.3 is 0 Å². The van der Waals surface area contributed by atoms with E-state index in [4.69, 9.17) is 17.0 Å². The van der Waals surface area contributed by atoms with E-state index < -0.39 is 0 Å². The minimum Gasteiger partial charge on any atom is -0.496 e. The Morgan fingerprint density at radius 3 is 2.50 bits per heavy atom. The summed E-state index contributed by atoms with van der Waals surface area (Å²) in [5, 5.41) is 7.22. The van der Waals surface area contributed by atoms with Crippen LogP contribution in [-0.2, 0) is 6.42 Å². The Morgan fingerprint density at radius 2 is 1.77 bits per heavy atom. The molecule has 2 rings (SSSR count). The van der Waals surface area contributed by atoms with Gasteiger partial charge in [0.15, 0.2) is 5.11 Å². The molecule has 0 heterocycles. The lowest BCUT2D eigenvalue weighted by Crippen LogP contribution is -2.37. The molecule has 3 nitrogen and oxygen atoms in total. The van der Waals surface area contributed by atoms with Gasteiger partial charge in [-0.15, -0.1) is 0 Å². The normalized spacial score (nSPS) is 11.5. The molecule has 1 unspecified atom stereocenters. The molecule has 2 aromatic rings. The van der Waals surface area contributed by atoms with Crippen LogP contribution < -0.4 is 15.4 Å². The lowest BCUT2D eigenvalue weighted by molar-refractivity contribution is 0.409. The molecule has 0 fully saturated rings. The first kappa shape index (κ1) is 16.3. The number of thiocarbonyl (C=S) groups is 1. The second kappa shape index (κ2) is 8.39. The van der Waals surface area contributed by atoms with E-state index in [1.54, 1.807) is 7.11 Å². The molecular weight excluding hydrogens is 292 g/mol. The highest BCUT2D eigenvalue weighted by atomic mass is 32.1. The third-order valence-electron chi connectivity index (χ3n) is 3.52. The number of hydrogen-bond acceptors (Lipinski definition) is 2. The van der Waals surface area contributed by atoms with Crippen LogP contribution >= 0.6 is 12.2 Å². The van der Waals surface area contributed by atoms with Crippen molar-refractivity contribution >= 4 is 17.3 Å². The standard InChI is InChI=1S/C18H22N2OS/c1-14(15-8-4-3-5-9-15)20-18(22)19-13-12-16-10-6-7-11-17(16)21-2/h3-11,14H,12-13H2,1-2H3,(H2,19,20,22). The maximum atomic E-state index is 5.35. The number of ether oxygens (including phenoxy) is 1. The molecule has 0 spiro atoms. The molecule has 2 N–H and O–H groups in total. The highest BCUT2D eigenvalue weighted by Gasteiger charge is 2.06. The van der Waals surface area contributed by atoms with Gasteiger partial charge in [0.25, 0.3) is 0 Å². The number of methoxy groups -OCH3 is 1. The summed E-state index contributed by atoms with van der Waals surface area (Å²) in [4.78, 5) is 0. The van der Waals surface area contributed by atoms with Gasteiger partial charge in [-0.05, 0) is 42.8 Å². The van der Waals surface area contributed by atoms with Crippen LogP contribution in [0.2, 0.25) is 0 Å². The van der Waals surface area contributed by atoms with Crippen LogP contribution in [0.1, 0.15) is 24.1 Å². The molecule has 0 saturated heterocycles. The zero-order chi connectivity index (χ0) is 15.8. The SMILES string of the molecule is COc1ccccc1CCNC(=S)NC(C)c1ccccc1. The van der Waals surface area contributed by atoms with Crippen LogP contribution in [0.5, 0.6) is 5.75 Å². The highest BCUT2D eigenvalue weighted by Crippen LogP contribution is 2.17. The summed E-state index contributed by atoms with van der Waals surface area (Å²) in [6.07, 6.45) is 0.867. The summed E-state index contributed by atoms with van der Waals surface area (Å²) in [5.74, 6) is 0.917. The Balaban J connectivity index is 1.78. The van der Waals surface area contributed by atoms with Gasteiger partial charge in [0.05, 0.1) is 13.2 Å². The highest BCUT2D eigenvalue weighted by molar-refractivity contribution is 7.80. The van der Waals surface area contributed by atoms with Gasteiger partial charge < -0.3 is 15.4 Å². The Labute approximate surface area is 137 Å². The van der Waals surface area contributed by atoms with Gasteiger partial charge in [-0.2, -0.15) is 0 Å². The number of rotatable bonds is 6. The molecule has 0 aliphatic carbocycles. The second-order valence-electron chi connectivity index (χ2n) is 5.09. The van der Waals surface area contributed by atoms with Gasteiger partial charge in [0, 0.05) is 6.54 Å². The molecule has 0 aliphatic heterocycles. The summed E-state index contributed by atoms with van der Waals surface area (Å²) in [7, 11) is 1.69. The maximum absolute atomic E-state index is 5.35. The summed E-state index contributed by atoms with van der Waals surface area (Å²) < 4.78 is 5.35. The first-order chi connectivity index (χ1) is 10.7. The summed E-state index contributed by atoms with van der Waals surface area (Å²) in [5.41, 5.74) is 2.40. The van der Waals surface area contributed by atoms with Crippen molar-refractivity contribution in [1.82, 2.24) is 10.6 Å². The fraction of sp³-hybridized carbons (Fsp3) is 0.278. The first-order valence-electron chi connectivity index (χ1n) is 7.42. The van der Waals surface area contributed by atoms with E-state index in [0.29, 0.717) is 5.11 Å². The number of nitrogens with one attached hydrogen (secondary N) is 2. The van der Waals surface area contributed by atoms with Crippen molar-refractivity contribution in [2.75, 3.05) is 13.7 Å². The van der Waals surface area contributed by atoms with Crippen molar-refractivity contribution in [1.29, 1.82) is 0 Å². The average Bonchev–Trinajstić information content (AvgIpc) is 2.56. The zero-order valence-electron chi connectivity index (χ0n) is 13.0. The van der Waals surface area contributed by atoms with Crippen LogP contribution in [0.4, 0.5) is 0 Å². The molecule has 116 valence electrons. The summed E-state index contributed by atoms with van der Waals surface area (Å²) >= 11 is 5.35. The van der Waals surface area contributed by atoms with Crippen molar-refractivity contribution in [3.63, 3.8) is 0 Å². The molecule has 0 aromatic heterocycles. The Kier molecular flexibility index (Phi) is 6.22. The Hall–Kier alpha value is -2.07. The average molecular weight is 314 g/mol. The molecule has 0 bridgehead atoms. The zero-order valence-corrected chi connectivity index (χ0v) is 13.8. The van der Waals surface area contributed by atoms with E-state index in [-0.39, 0.29) is 6.04 Å². The third kappa shape index (κ3) is 4.74. The van der Waals surface area contributed by atoms with Crippen molar-refractivity contribution in [2.24, 2.45) is 0 Å². The van der Waals surface area contributed by atoms with E-state index in [1.165, 1.54) is 11.1 Å². The van der Waals surface area contributed by atoms with Crippen LogP contribution in [0.25, 0.3) is 0 Å². The lowest BCUT2D eigenvalue weighted by atomic mass is 10.1. The van der Waals surface area contributed by atoms with Crippen LogP contribution in [0.15, 0.2) is 54.6 Å². The minimum atomic E-state index is 0.187. The minimum absolute atomic E-state index is 0.187. The van der Waals surface area contributed by atoms with Crippen molar-refractivity contribution < 1.29 is 4.74 Å². The largest absolute Gasteiger partial charge is 0.496 e. The fourth-order valence-electron chi connectivity index (χ4n) is 2.29. The molecule has 4 heteroatoms. The molecule has 2 aromatic carbocycles. The van der Waals surface area contributed by atoms with Crippen LogP contribution in [-0.4, -0.2) is 18.8 Å². The van der Waals surface area contributed by atoms with Crippen molar-refractivity contribution in [3.8, 4) is 5.75 Å². The molecule has 0 saturated carbocycles. The summed E-state index contributed by atoms with van der Waals surface area (Å²) in [6, 6.07) is 18.5. The van der Waals surface area contributed by atoms with E-state index in [1.807, 2.05) is 36.4 Å². The first-order valence-corrected chi connectivity index (χ1v) is 7.82. The van der Waals surface area contributed by atoms with Crippen LogP contribution in [0, 0.1) is 0 Å². The van der Waals surface area contributed by atoms with E-state index >= 15 is 0 Å². The molecule has 0 amide bonds. The topological polar surface area (TPSA) is 33.3 Å². The van der Waals surface area contributed by atoms with Crippen LogP contribution in [0.3, 0.4) is 0 Å². The van der Waals surface area contributed by atoms with Gasteiger partial charge in [0.1, 0.15) is 5.75 Å². The Bertz CT molecular complexity index is 601. The summed E-state index contributed by atoms with van der Waals surface area (Å²) in [6.45, 7) is 2.87. The molecule has 0 radical (unpaired) electrons. The fourth-order valence-corrected chi connectivity index (χ4v) is 2.57. The van der Waals surface area contributed by atoms with E-state index in [9.17, 15) is 0 Å². The predicted octanol–water partition coefficient (Wildman–Crippen LogP) is 3.46. The van der Waals surface area contributed by atoms with Gasteiger partial charge in [0.2, 0.25) is 0 Å². The predicted molar refractivity (Wildman–Crippen MR) is 95.3 cm³/mol. The maximum Gasteiger partial charge on any atom is 0.166 e. The van der Waals surface area contributed by atoms with E-state index in [0.717, 1.165) is 18.7 Å². The quantitative estimate of drug-likeness (QED) is 0.800. The smallest absolute Gasteiger partial charge is 0.166 e. The third-order valence-corrected chi connectivity index (χ3v) is 3.78. The Morgan fingerprint density at radius 1 is 1.09 bits per heavy atom.